The molecule has 6 heteroatoms. The first-order chi connectivity index (χ1) is 9.20. The van der Waals surface area contributed by atoms with Crippen molar-refractivity contribution in [2.75, 3.05) is 5.32 Å². The summed E-state index contributed by atoms with van der Waals surface area (Å²) in [4.78, 5) is 11.8. The lowest BCUT2D eigenvalue weighted by Crippen LogP contribution is -2.35. The van der Waals surface area contributed by atoms with Crippen molar-refractivity contribution in [1.82, 2.24) is 9.78 Å². The molecule has 0 radical (unpaired) electrons. The minimum absolute atomic E-state index is 0. The summed E-state index contributed by atoms with van der Waals surface area (Å²) >= 11 is 0. The molecule has 2 rings (SSSR count). The van der Waals surface area contributed by atoms with Crippen molar-refractivity contribution in [3.8, 4) is 5.69 Å². The highest BCUT2D eigenvalue weighted by molar-refractivity contribution is 5.94. The van der Waals surface area contributed by atoms with Crippen molar-refractivity contribution in [2.24, 2.45) is 5.73 Å². The van der Waals surface area contributed by atoms with Crippen LogP contribution in [0.3, 0.4) is 0 Å². The average Bonchev–Trinajstić information content (AvgIpc) is 2.94. The summed E-state index contributed by atoms with van der Waals surface area (Å²) in [7, 11) is 0. The van der Waals surface area contributed by atoms with Gasteiger partial charge in [-0.25, -0.2) is 4.68 Å². The number of carbonyl (C=O) groups is 1. The lowest BCUT2D eigenvalue weighted by molar-refractivity contribution is -0.117. The molecular formula is C14H19ClN4O. The van der Waals surface area contributed by atoms with Crippen molar-refractivity contribution in [3.63, 3.8) is 0 Å². The number of nitrogens with one attached hydrogen (secondary N) is 1. The molecule has 0 aliphatic rings. The van der Waals surface area contributed by atoms with Gasteiger partial charge < -0.3 is 11.1 Å². The fourth-order valence-electron chi connectivity index (χ4n) is 1.80. The summed E-state index contributed by atoms with van der Waals surface area (Å²) in [5.74, 6) is -0.145. The van der Waals surface area contributed by atoms with Crippen LogP contribution in [0.15, 0.2) is 42.7 Å². The van der Waals surface area contributed by atoms with Gasteiger partial charge in [-0.2, -0.15) is 5.10 Å². The van der Waals surface area contributed by atoms with Gasteiger partial charge in [0.05, 0.1) is 11.7 Å². The molecule has 0 bridgehead atoms. The highest BCUT2D eigenvalue weighted by atomic mass is 35.5. The fraction of sp³-hybridized carbons (Fsp3) is 0.286. The first kappa shape index (κ1) is 16.2. The molecule has 1 amide bonds. The van der Waals surface area contributed by atoms with E-state index >= 15 is 0 Å². The van der Waals surface area contributed by atoms with Crippen molar-refractivity contribution in [1.29, 1.82) is 0 Å². The number of hydrogen-bond donors (Lipinski definition) is 2. The summed E-state index contributed by atoms with van der Waals surface area (Å²) < 4.78 is 1.76. The normalized spacial score (nSPS) is 11.5. The van der Waals surface area contributed by atoms with Crippen LogP contribution in [-0.4, -0.2) is 21.7 Å². The molecule has 0 spiro atoms. The van der Waals surface area contributed by atoms with Crippen LogP contribution < -0.4 is 11.1 Å². The Bertz CT molecular complexity index is 525. The van der Waals surface area contributed by atoms with Crippen LogP contribution in [0.5, 0.6) is 0 Å². The minimum atomic E-state index is -0.448. The molecule has 1 heterocycles. The fourth-order valence-corrected chi connectivity index (χ4v) is 1.80. The Kier molecular flexibility index (Phi) is 6.21. The Labute approximate surface area is 124 Å². The number of carbonyl (C=O) groups excluding carboxylic acids is 1. The zero-order valence-corrected chi connectivity index (χ0v) is 12.1. The van der Waals surface area contributed by atoms with E-state index < -0.39 is 6.04 Å². The first-order valence-corrected chi connectivity index (χ1v) is 6.37. The third-order valence-electron chi connectivity index (χ3n) is 2.84. The Morgan fingerprint density at radius 2 is 2.10 bits per heavy atom. The molecule has 1 aromatic heterocycles. The van der Waals surface area contributed by atoms with Crippen LogP contribution in [0.2, 0.25) is 0 Å². The third-order valence-corrected chi connectivity index (χ3v) is 2.84. The van der Waals surface area contributed by atoms with Gasteiger partial charge in [-0.3, -0.25) is 4.79 Å². The lowest BCUT2D eigenvalue weighted by Gasteiger charge is -2.11. The molecule has 0 saturated heterocycles. The Hall–Kier alpha value is -1.85. The third kappa shape index (κ3) is 4.08. The monoisotopic (exact) mass is 294 g/mol. The molecule has 108 valence electrons. The predicted octanol–water partition coefficient (Wildman–Crippen LogP) is 2.36. The van der Waals surface area contributed by atoms with Crippen LogP contribution in [0.1, 0.15) is 19.8 Å². The van der Waals surface area contributed by atoms with Gasteiger partial charge in [0.25, 0.3) is 0 Å². The molecular weight excluding hydrogens is 276 g/mol. The zero-order valence-electron chi connectivity index (χ0n) is 11.3. The highest BCUT2D eigenvalue weighted by Crippen LogP contribution is 2.13. The number of hydrogen-bond acceptors (Lipinski definition) is 3. The maximum atomic E-state index is 11.8. The summed E-state index contributed by atoms with van der Waals surface area (Å²) in [6, 6.07) is 8.89. The van der Waals surface area contributed by atoms with Crippen LogP contribution in [0, 0.1) is 0 Å². The standard InChI is InChI=1S/C14H18N4O.ClH/c1-2-4-13(15)14(19)17-11-5-7-12(8-6-11)18-10-3-9-16-18;/h3,5-10,13H,2,4,15H2,1H3,(H,17,19);1H. The van der Waals surface area contributed by atoms with E-state index in [2.05, 4.69) is 10.4 Å². The topological polar surface area (TPSA) is 72.9 Å². The molecule has 0 saturated carbocycles. The molecule has 1 atom stereocenters. The molecule has 1 aromatic carbocycles. The van der Waals surface area contributed by atoms with E-state index in [-0.39, 0.29) is 18.3 Å². The Balaban J connectivity index is 0.00000200. The molecule has 5 nitrogen and oxygen atoms in total. The van der Waals surface area contributed by atoms with E-state index in [1.54, 1.807) is 10.9 Å². The summed E-state index contributed by atoms with van der Waals surface area (Å²) in [6.07, 6.45) is 5.17. The maximum Gasteiger partial charge on any atom is 0.241 e. The second-order valence-corrected chi connectivity index (χ2v) is 4.38. The van der Waals surface area contributed by atoms with E-state index in [1.165, 1.54) is 0 Å². The zero-order chi connectivity index (χ0) is 13.7. The summed E-state index contributed by atoms with van der Waals surface area (Å²) in [5.41, 5.74) is 7.44. The smallest absolute Gasteiger partial charge is 0.241 e. The largest absolute Gasteiger partial charge is 0.325 e. The molecule has 3 N–H and O–H groups in total. The van der Waals surface area contributed by atoms with Gasteiger partial charge in [-0.15, -0.1) is 12.4 Å². The minimum Gasteiger partial charge on any atom is -0.325 e. The van der Waals surface area contributed by atoms with Gasteiger partial charge in [-0.1, -0.05) is 13.3 Å². The Morgan fingerprint density at radius 3 is 2.65 bits per heavy atom. The second-order valence-electron chi connectivity index (χ2n) is 4.38. The van der Waals surface area contributed by atoms with Crippen LogP contribution in [0.25, 0.3) is 5.69 Å². The summed E-state index contributed by atoms with van der Waals surface area (Å²) in [5, 5.41) is 6.94. The van der Waals surface area contributed by atoms with E-state index in [0.717, 1.165) is 17.8 Å². The predicted molar refractivity (Wildman–Crippen MR) is 82.3 cm³/mol. The SMILES string of the molecule is CCCC(N)C(=O)Nc1ccc(-n2cccn2)cc1.Cl. The highest BCUT2D eigenvalue weighted by Gasteiger charge is 2.12. The molecule has 1 unspecified atom stereocenters. The van der Waals surface area contributed by atoms with E-state index in [4.69, 9.17) is 5.73 Å². The first-order valence-electron chi connectivity index (χ1n) is 6.37. The maximum absolute atomic E-state index is 11.8. The number of halogens is 1. The van der Waals surface area contributed by atoms with Gasteiger partial charge in [0.1, 0.15) is 0 Å². The Morgan fingerprint density at radius 1 is 1.40 bits per heavy atom. The number of nitrogens with two attached hydrogens (primary N) is 1. The molecule has 2 aromatic rings. The van der Waals surface area contributed by atoms with Gasteiger partial charge in [0, 0.05) is 18.1 Å². The quantitative estimate of drug-likeness (QED) is 0.889. The van der Waals surface area contributed by atoms with Crippen LogP contribution >= 0.6 is 12.4 Å². The molecule has 0 aliphatic carbocycles. The van der Waals surface area contributed by atoms with Gasteiger partial charge in [0.15, 0.2) is 0 Å². The number of benzene rings is 1. The number of nitrogens with zero attached hydrogens (tertiary/aromatic N) is 2. The number of anilines is 1. The van der Waals surface area contributed by atoms with Crippen molar-refractivity contribution in [3.05, 3.63) is 42.7 Å². The lowest BCUT2D eigenvalue weighted by atomic mass is 10.1. The van der Waals surface area contributed by atoms with Gasteiger partial charge in [0.2, 0.25) is 5.91 Å². The van der Waals surface area contributed by atoms with E-state index in [1.807, 2.05) is 43.5 Å². The number of aromatic nitrogens is 2. The molecule has 0 aliphatic heterocycles. The van der Waals surface area contributed by atoms with Crippen molar-refractivity contribution in [2.45, 2.75) is 25.8 Å². The van der Waals surface area contributed by atoms with E-state index in [9.17, 15) is 4.79 Å². The van der Waals surface area contributed by atoms with E-state index in [0.29, 0.717) is 6.42 Å². The molecule has 0 fully saturated rings. The van der Waals surface area contributed by atoms with Crippen molar-refractivity contribution < 1.29 is 4.79 Å². The van der Waals surface area contributed by atoms with Crippen molar-refractivity contribution >= 4 is 24.0 Å². The number of amides is 1. The van der Waals surface area contributed by atoms with Gasteiger partial charge >= 0.3 is 0 Å². The van der Waals surface area contributed by atoms with Gasteiger partial charge in [-0.05, 0) is 36.8 Å². The average molecular weight is 295 g/mol. The summed E-state index contributed by atoms with van der Waals surface area (Å²) in [6.45, 7) is 2.01. The number of rotatable bonds is 5. The van der Waals surface area contributed by atoms with Crippen LogP contribution in [0.4, 0.5) is 5.69 Å². The second kappa shape index (κ2) is 7.67. The van der Waals surface area contributed by atoms with Crippen LogP contribution in [-0.2, 0) is 4.79 Å². The molecule has 20 heavy (non-hydrogen) atoms.